The molecule has 1 saturated heterocycles. The first kappa shape index (κ1) is 15.5. The number of rotatable bonds is 3. The van der Waals surface area contributed by atoms with Gasteiger partial charge in [0, 0.05) is 12.5 Å². The second kappa shape index (κ2) is 6.25. The molecule has 0 radical (unpaired) electrons. The highest BCUT2D eigenvalue weighted by Gasteiger charge is 2.42. The first-order valence-corrected chi connectivity index (χ1v) is 6.32. The van der Waals surface area contributed by atoms with E-state index in [1.165, 1.54) is 13.3 Å². The lowest BCUT2D eigenvalue weighted by Crippen LogP contribution is -2.30. The van der Waals surface area contributed by atoms with E-state index in [2.05, 4.69) is 20.0 Å². The molecule has 1 unspecified atom stereocenters. The Hall–Kier alpha value is -1.90. The van der Waals surface area contributed by atoms with Gasteiger partial charge in [0.15, 0.2) is 0 Å². The molecule has 1 fully saturated rings. The van der Waals surface area contributed by atoms with Crippen LogP contribution in [0.5, 0.6) is 11.8 Å². The van der Waals surface area contributed by atoms with Crippen LogP contribution in [-0.2, 0) is 4.79 Å². The number of piperidine rings is 1. The van der Waals surface area contributed by atoms with Crippen LogP contribution < -0.4 is 14.8 Å². The topological polar surface area (TPSA) is 73.3 Å². The summed E-state index contributed by atoms with van der Waals surface area (Å²) in [5.74, 6) is -3.17. The lowest BCUT2D eigenvalue weighted by atomic mass is 9.97. The van der Waals surface area contributed by atoms with Gasteiger partial charge in [-0.25, -0.2) is 14.8 Å². The number of alkyl halides is 3. The largest absolute Gasteiger partial charge is 0.491 e. The van der Waals surface area contributed by atoms with Crippen LogP contribution in [-0.4, -0.2) is 42.3 Å². The molecule has 1 aliphatic heterocycles. The van der Waals surface area contributed by atoms with Crippen molar-refractivity contribution in [3.8, 4) is 11.8 Å². The minimum Gasteiger partial charge on any atom is -0.477 e. The third-order valence-corrected chi connectivity index (χ3v) is 3.06. The lowest BCUT2D eigenvalue weighted by molar-refractivity contribution is -0.190. The molecule has 21 heavy (non-hydrogen) atoms. The number of nitrogens with zero attached hydrogens (tertiary/aromatic N) is 2. The van der Waals surface area contributed by atoms with Crippen LogP contribution in [0.4, 0.5) is 13.2 Å². The van der Waals surface area contributed by atoms with E-state index in [0.29, 0.717) is 12.2 Å². The minimum atomic E-state index is -5.10. The van der Waals surface area contributed by atoms with E-state index >= 15 is 0 Å². The predicted octanol–water partition coefficient (Wildman–Crippen LogP) is 1.42. The molecule has 2 rings (SSSR count). The Kier molecular flexibility index (Phi) is 4.61. The quantitative estimate of drug-likeness (QED) is 0.852. The first-order valence-electron chi connectivity index (χ1n) is 6.32. The molecule has 1 atom stereocenters. The Labute approximate surface area is 118 Å². The molecule has 6 nitrogen and oxygen atoms in total. The van der Waals surface area contributed by atoms with Crippen molar-refractivity contribution >= 4 is 5.97 Å². The maximum absolute atomic E-state index is 12.3. The molecule has 116 valence electrons. The van der Waals surface area contributed by atoms with Crippen molar-refractivity contribution in [3.05, 3.63) is 11.9 Å². The van der Waals surface area contributed by atoms with Crippen LogP contribution in [0.3, 0.4) is 0 Å². The molecule has 0 bridgehead atoms. The average Bonchev–Trinajstić information content (AvgIpc) is 2.47. The van der Waals surface area contributed by atoms with E-state index in [9.17, 15) is 18.0 Å². The van der Waals surface area contributed by atoms with E-state index in [-0.39, 0.29) is 11.8 Å². The second-order valence-corrected chi connectivity index (χ2v) is 4.54. The summed E-state index contributed by atoms with van der Waals surface area (Å²) in [6, 6.07) is 0. The normalized spacial score (nSPS) is 19.1. The van der Waals surface area contributed by atoms with Gasteiger partial charge in [-0.3, -0.25) is 0 Å². The zero-order valence-electron chi connectivity index (χ0n) is 11.2. The summed E-state index contributed by atoms with van der Waals surface area (Å²) >= 11 is 0. The molecule has 0 aromatic carbocycles. The van der Waals surface area contributed by atoms with Gasteiger partial charge in [0.05, 0.1) is 19.0 Å². The van der Waals surface area contributed by atoms with Crippen molar-refractivity contribution in [1.82, 2.24) is 15.3 Å². The lowest BCUT2D eigenvalue weighted by Gasteiger charge is -2.22. The fourth-order valence-electron chi connectivity index (χ4n) is 2.03. The van der Waals surface area contributed by atoms with E-state index in [4.69, 9.17) is 4.74 Å². The summed E-state index contributed by atoms with van der Waals surface area (Å²) in [4.78, 5) is 18.7. The van der Waals surface area contributed by atoms with Crippen molar-refractivity contribution in [2.75, 3.05) is 20.2 Å². The van der Waals surface area contributed by atoms with E-state index in [0.717, 1.165) is 19.4 Å². The number of methoxy groups -OCH3 is 1. The van der Waals surface area contributed by atoms with Crippen LogP contribution in [0, 0.1) is 0 Å². The van der Waals surface area contributed by atoms with Crippen LogP contribution in [0.25, 0.3) is 0 Å². The van der Waals surface area contributed by atoms with Crippen LogP contribution in [0.15, 0.2) is 6.20 Å². The Bertz CT molecular complexity index is 516. The van der Waals surface area contributed by atoms with Crippen molar-refractivity contribution in [3.63, 3.8) is 0 Å². The van der Waals surface area contributed by atoms with E-state index in [1.807, 2.05) is 0 Å². The molecule has 9 heteroatoms. The fourth-order valence-corrected chi connectivity index (χ4v) is 2.03. The monoisotopic (exact) mass is 305 g/mol. The Balaban J connectivity index is 2.23. The van der Waals surface area contributed by atoms with Gasteiger partial charge in [0.2, 0.25) is 0 Å². The molecule has 0 spiro atoms. The molecular formula is C12H14F3N3O3. The van der Waals surface area contributed by atoms with Crippen LogP contribution in [0.1, 0.15) is 24.5 Å². The molecule has 0 saturated carbocycles. The third kappa shape index (κ3) is 3.81. The summed E-state index contributed by atoms with van der Waals surface area (Å²) in [7, 11) is 1.21. The highest BCUT2D eigenvalue weighted by atomic mass is 19.4. The summed E-state index contributed by atoms with van der Waals surface area (Å²) in [5, 5.41) is 3.16. The van der Waals surface area contributed by atoms with Crippen molar-refractivity contribution < 1.29 is 27.4 Å². The highest BCUT2D eigenvalue weighted by molar-refractivity contribution is 5.78. The zero-order chi connectivity index (χ0) is 15.5. The number of halogens is 3. The molecule has 1 N–H and O–H groups in total. The third-order valence-electron chi connectivity index (χ3n) is 3.06. The van der Waals surface area contributed by atoms with Crippen molar-refractivity contribution in [1.29, 1.82) is 0 Å². The maximum Gasteiger partial charge on any atom is 0.491 e. The van der Waals surface area contributed by atoms with Crippen LogP contribution in [0.2, 0.25) is 0 Å². The molecule has 2 heterocycles. The van der Waals surface area contributed by atoms with Gasteiger partial charge in [0.25, 0.3) is 11.8 Å². The molecule has 1 aromatic heterocycles. The van der Waals surface area contributed by atoms with Gasteiger partial charge in [-0.05, 0) is 19.4 Å². The maximum atomic E-state index is 12.3. The van der Waals surface area contributed by atoms with E-state index < -0.39 is 18.0 Å². The van der Waals surface area contributed by atoms with Gasteiger partial charge in [-0.2, -0.15) is 13.2 Å². The van der Waals surface area contributed by atoms with Gasteiger partial charge < -0.3 is 14.8 Å². The number of hydrogen-bond donors (Lipinski definition) is 1. The summed E-state index contributed by atoms with van der Waals surface area (Å²) in [6.07, 6.45) is -1.92. The molecule has 1 aliphatic rings. The number of aromatic nitrogens is 2. The number of esters is 1. The smallest absolute Gasteiger partial charge is 0.477 e. The van der Waals surface area contributed by atoms with Gasteiger partial charge in [-0.15, -0.1) is 0 Å². The highest BCUT2D eigenvalue weighted by Crippen LogP contribution is 2.29. The number of carbonyl (C=O) groups excluding carboxylic acids is 1. The molecule has 1 aromatic rings. The van der Waals surface area contributed by atoms with Gasteiger partial charge in [-0.1, -0.05) is 0 Å². The summed E-state index contributed by atoms with van der Waals surface area (Å²) < 4.78 is 45.8. The van der Waals surface area contributed by atoms with Crippen molar-refractivity contribution in [2.45, 2.75) is 24.9 Å². The second-order valence-electron chi connectivity index (χ2n) is 4.54. The molecule has 0 aliphatic carbocycles. The van der Waals surface area contributed by atoms with Gasteiger partial charge >= 0.3 is 12.1 Å². The summed E-state index contributed by atoms with van der Waals surface area (Å²) in [5.41, 5.74) is 0.466. The van der Waals surface area contributed by atoms with Crippen LogP contribution >= 0.6 is 0 Å². The molecular weight excluding hydrogens is 291 g/mol. The first-order chi connectivity index (χ1) is 9.91. The zero-order valence-corrected chi connectivity index (χ0v) is 11.2. The summed E-state index contributed by atoms with van der Waals surface area (Å²) in [6.45, 7) is 1.53. The number of hydrogen-bond acceptors (Lipinski definition) is 6. The number of carbonyl (C=O) groups is 1. The van der Waals surface area contributed by atoms with E-state index in [1.54, 1.807) is 0 Å². The SMILES string of the molecule is COc1ncc(C2CCCNC2)nc1OC(=O)C(F)(F)F. The average molecular weight is 305 g/mol. The Morgan fingerprint density at radius 2 is 2.19 bits per heavy atom. The Morgan fingerprint density at radius 1 is 1.43 bits per heavy atom. The Morgan fingerprint density at radius 3 is 2.76 bits per heavy atom. The molecule has 0 amide bonds. The fraction of sp³-hybridized carbons (Fsp3) is 0.583. The van der Waals surface area contributed by atoms with Crippen molar-refractivity contribution in [2.24, 2.45) is 0 Å². The number of ether oxygens (including phenoxy) is 2. The standard InChI is InChI=1S/C12H14F3N3O3/c1-20-9-10(21-11(19)12(13,14)15)18-8(6-17-9)7-3-2-4-16-5-7/h6-7,16H,2-5H2,1H3. The number of nitrogens with one attached hydrogen (secondary N) is 1. The predicted molar refractivity (Wildman–Crippen MR) is 65.1 cm³/mol. The van der Waals surface area contributed by atoms with Gasteiger partial charge in [0.1, 0.15) is 0 Å². The minimum absolute atomic E-state index is 0.0143.